The second-order valence-electron chi connectivity index (χ2n) is 5.24. The van der Waals surface area contributed by atoms with Crippen LogP contribution >= 0.6 is 0 Å². The van der Waals surface area contributed by atoms with E-state index in [0.717, 1.165) is 22.5 Å². The number of methoxy groups -OCH3 is 1. The highest BCUT2D eigenvalue weighted by Gasteiger charge is 2.15. The molecule has 0 spiro atoms. The van der Waals surface area contributed by atoms with Gasteiger partial charge in [-0.1, -0.05) is 18.2 Å². The Hall–Kier alpha value is -2.95. The summed E-state index contributed by atoms with van der Waals surface area (Å²) in [5, 5.41) is 4.64. The van der Waals surface area contributed by atoms with Gasteiger partial charge in [0.25, 0.3) is 0 Å². The summed E-state index contributed by atoms with van der Waals surface area (Å²) < 4.78 is 6.67. The molecule has 0 N–H and O–H groups in total. The molecule has 0 saturated carbocycles. The van der Waals surface area contributed by atoms with E-state index in [4.69, 9.17) is 4.74 Å². The summed E-state index contributed by atoms with van der Waals surface area (Å²) in [5.74, 6) is -0.359. The topological polar surface area (TPSA) is 57.0 Å². The van der Waals surface area contributed by atoms with Crippen LogP contribution in [-0.2, 0) is 11.2 Å². The first-order valence-electron chi connectivity index (χ1n) is 7.31. The number of benzene rings is 1. The first-order valence-corrected chi connectivity index (χ1v) is 7.31. The van der Waals surface area contributed by atoms with Gasteiger partial charge >= 0.3 is 5.97 Å². The third kappa shape index (κ3) is 3.13. The lowest BCUT2D eigenvalue weighted by Gasteiger charge is -2.06. The summed E-state index contributed by atoms with van der Waals surface area (Å²) in [6, 6.07) is 11.6. The number of para-hydroxylation sites is 1. The molecule has 0 unspecified atom stereocenters. The minimum Gasteiger partial charge on any atom is -0.465 e. The first-order chi connectivity index (χ1) is 11.2. The number of carbonyl (C=O) groups excluding carboxylic acids is 1. The lowest BCUT2D eigenvalue weighted by Crippen LogP contribution is -2.07. The predicted octanol–water partition coefficient (Wildman–Crippen LogP) is 2.95. The van der Waals surface area contributed by atoms with Gasteiger partial charge in [-0.15, -0.1) is 0 Å². The number of aromatic nitrogens is 3. The Labute approximate surface area is 134 Å². The van der Waals surface area contributed by atoms with Crippen LogP contribution in [0.1, 0.15) is 27.2 Å². The summed E-state index contributed by atoms with van der Waals surface area (Å²) in [6.45, 7) is 2.01. The standard InChI is InChI=1S/C18H17N3O2/c1-13-12-21(15-6-4-3-5-7-15)20-17(13)10-14-11-19-9-8-16(14)18(22)23-2/h3-9,11-12H,10H2,1-2H3. The SMILES string of the molecule is COC(=O)c1ccncc1Cc1nn(-c2ccccc2)cc1C. The number of hydrogen-bond acceptors (Lipinski definition) is 4. The van der Waals surface area contributed by atoms with E-state index in [-0.39, 0.29) is 5.97 Å². The van der Waals surface area contributed by atoms with Crippen molar-refractivity contribution >= 4 is 5.97 Å². The van der Waals surface area contributed by atoms with Crippen LogP contribution in [0, 0.1) is 6.92 Å². The Morgan fingerprint density at radius 1 is 1.22 bits per heavy atom. The number of aryl methyl sites for hydroxylation is 1. The van der Waals surface area contributed by atoms with Crippen molar-refractivity contribution in [2.75, 3.05) is 7.11 Å². The van der Waals surface area contributed by atoms with Gasteiger partial charge in [0, 0.05) is 25.0 Å². The van der Waals surface area contributed by atoms with Crippen LogP contribution < -0.4 is 0 Å². The fraction of sp³-hybridized carbons (Fsp3) is 0.167. The average Bonchev–Trinajstić information content (AvgIpc) is 2.96. The van der Waals surface area contributed by atoms with Crippen LogP contribution in [0.2, 0.25) is 0 Å². The minimum absolute atomic E-state index is 0.359. The number of esters is 1. The average molecular weight is 307 g/mol. The summed E-state index contributed by atoms with van der Waals surface area (Å²) in [5.41, 5.74) is 4.30. The number of carbonyl (C=O) groups is 1. The van der Waals surface area contributed by atoms with Crippen molar-refractivity contribution < 1.29 is 9.53 Å². The van der Waals surface area contributed by atoms with Crippen molar-refractivity contribution in [1.82, 2.24) is 14.8 Å². The normalized spacial score (nSPS) is 10.5. The zero-order valence-electron chi connectivity index (χ0n) is 13.1. The second kappa shape index (κ2) is 6.44. The number of ether oxygens (including phenoxy) is 1. The van der Waals surface area contributed by atoms with Crippen LogP contribution in [0.4, 0.5) is 0 Å². The van der Waals surface area contributed by atoms with Gasteiger partial charge in [-0.2, -0.15) is 5.10 Å². The van der Waals surface area contributed by atoms with Gasteiger partial charge in [-0.3, -0.25) is 4.98 Å². The molecule has 0 atom stereocenters. The molecule has 23 heavy (non-hydrogen) atoms. The fourth-order valence-corrected chi connectivity index (χ4v) is 2.44. The van der Waals surface area contributed by atoms with E-state index in [2.05, 4.69) is 10.1 Å². The molecule has 2 heterocycles. The summed E-state index contributed by atoms with van der Waals surface area (Å²) in [6.07, 6.45) is 5.79. The molecule has 0 fully saturated rings. The largest absolute Gasteiger partial charge is 0.465 e. The number of nitrogens with zero attached hydrogens (tertiary/aromatic N) is 3. The Morgan fingerprint density at radius 2 is 2.00 bits per heavy atom. The number of hydrogen-bond donors (Lipinski definition) is 0. The van der Waals surface area contributed by atoms with E-state index in [0.29, 0.717) is 12.0 Å². The van der Waals surface area contributed by atoms with Crippen molar-refractivity contribution in [3.8, 4) is 5.69 Å². The lowest BCUT2D eigenvalue weighted by molar-refractivity contribution is 0.0599. The van der Waals surface area contributed by atoms with Gasteiger partial charge in [0.15, 0.2) is 0 Å². The van der Waals surface area contributed by atoms with Crippen LogP contribution in [0.15, 0.2) is 55.0 Å². The van der Waals surface area contributed by atoms with Gasteiger partial charge < -0.3 is 4.74 Å². The van der Waals surface area contributed by atoms with E-state index < -0.39 is 0 Å². The molecule has 5 nitrogen and oxygen atoms in total. The maximum atomic E-state index is 11.9. The summed E-state index contributed by atoms with van der Waals surface area (Å²) in [4.78, 5) is 16.0. The minimum atomic E-state index is -0.359. The maximum absolute atomic E-state index is 11.9. The number of pyridine rings is 1. The van der Waals surface area contributed by atoms with Crippen LogP contribution in [0.25, 0.3) is 5.69 Å². The molecular weight excluding hydrogens is 290 g/mol. The van der Waals surface area contributed by atoms with Gasteiger partial charge in [0.2, 0.25) is 0 Å². The molecule has 0 aliphatic heterocycles. The molecule has 0 amide bonds. The zero-order chi connectivity index (χ0) is 16.2. The van der Waals surface area contributed by atoms with E-state index in [9.17, 15) is 4.79 Å². The highest BCUT2D eigenvalue weighted by Crippen LogP contribution is 2.17. The van der Waals surface area contributed by atoms with Crippen LogP contribution in [0.5, 0.6) is 0 Å². The molecule has 3 rings (SSSR count). The van der Waals surface area contributed by atoms with E-state index in [1.165, 1.54) is 7.11 Å². The Balaban J connectivity index is 1.93. The van der Waals surface area contributed by atoms with Crippen molar-refractivity contribution in [3.05, 3.63) is 77.4 Å². The van der Waals surface area contributed by atoms with Gasteiger partial charge in [-0.25, -0.2) is 9.48 Å². The van der Waals surface area contributed by atoms with Crippen molar-refractivity contribution in [2.45, 2.75) is 13.3 Å². The Kier molecular flexibility index (Phi) is 4.19. The molecule has 0 bridgehead atoms. The molecule has 3 aromatic rings. The molecule has 0 radical (unpaired) electrons. The van der Waals surface area contributed by atoms with Crippen molar-refractivity contribution in [2.24, 2.45) is 0 Å². The predicted molar refractivity (Wildman–Crippen MR) is 86.7 cm³/mol. The summed E-state index contributed by atoms with van der Waals surface area (Å²) >= 11 is 0. The quantitative estimate of drug-likeness (QED) is 0.695. The van der Waals surface area contributed by atoms with Crippen LogP contribution in [0.3, 0.4) is 0 Å². The van der Waals surface area contributed by atoms with Gasteiger partial charge in [-0.05, 0) is 36.2 Å². The van der Waals surface area contributed by atoms with Gasteiger partial charge in [0.1, 0.15) is 0 Å². The molecule has 2 aromatic heterocycles. The number of rotatable bonds is 4. The van der Waals surface area contributed by atoms with E-state index in [1.54, 1.807) is 18.5 Å². The molecule has 0 saturated heterocycles. The first kappa shape index (κ1) is 15.0. The van der Waals surface area contributed by atoms with Crippen molar-refractivity contribution in [3.63, 3.8) is 0 Å². The van der Waals surface area contributed by atoms with E-state index >= 15 is 0 Å². The van der Waals surface area contributed by atoms with Crippen LogP contribution in [-0.4, -0.2) is 27.8 Å². The Morgan fingerprint density at radius 3 is 2.74 bits per heavy atom. The van der Waals surface area contributed by atoms with Crippen molar-refractivity contribution in [1.29, 1.82) is 0 Å². The summed E-state index contributed by atoms with van der Waals surface area (Å²) in [7, 11) is 1.38. The molecule has 0 aliphatic carbocycles. The third-order valence-corrected chi connectivity index (χ3v) is 3.69. The molecule has 5 heteroatoms. The molecule has 1 aromatic carbocycles. The molecule has 116 valence electrons. The monoisotopic (exact) mass is 307 g/mol. The second-order valence-corrected chi connectivity index (χ2v) is 5.24. The third-order valence-electron chi connectivity index (χ3n) is 3.69. The van der Waals surface area contributed by atoms with Gasteiger partial charge in [0.05, 0.1) is 24.1 Å². The lowest BCUT2D eigenvalue weighted by atomic mass is 10.0. The maximum Gasteiger partial charge on any atom is 0.338 e. The molecule has 0 aliphatic rings. The van der Waals surface area contributed by atoms with E-state index in [1.807, 2.05) is 48.1 Å². The fourth-order valence-electron chi connectivity index (χ4n) is 2.44. The highest BCUT2D eigenvalue weighted by molar-refractivity contribution is 5.90. The highest BCUT2D eigenvalue weighted by atomic mass is 16.5. The zero-order valence-corrected chi connectivity index (χ0v) is 13.1. The Bertz CT molecular complexity index is 825. The smallest absolute Gasteiger partial charge is 0.338 e. The molecular formula is C18H17N3O2.